The second kappa shape index (κ2) is 3.04. The van der Waals surface area contributed by atoms with Gasteiger partial charge in [-0.2, -0.15) is 0 Å². The summed E-state index contributed by atoms with van der Waals surface area (Å²) in [6.07, 6.45) is 0. The summed E-state index contributed by atoms with van der Waals surface area (Å²) in [5.41, 5.74) is -0.380. The van der Waals surface area contributed by atoms with Crippen LogP contribution in [0.5, 0.6) is 0 Å². The van der Waals surface area contributed by atoms with Gasteiger partial charge in [0.25, 0.3) is 0 Å². The number of hydrogen-bond acceptors (Lipinski definition) is 2. The molecule has 0 aliphatic heterocycles. The van der Waals surface area contributed by atoms with E-state index >= 15 is 0 Å². The van der Waals surface area contributed by atoms with Gasteiger partial charge in [-0.1, -0.05) is 12.1 Å². The lowest BCUT2D eigenvalue weighted by molar-refractivity contribution is 0.0651. The standard InChI is InChI=1S/C8H6O4/c9-7(10)5-3-1-2-4-6(5)8(11)12/h1-4H,(H,9,10)(H,11,12)/i1+2,2+2,3+2,4+2,5+2,6+2. The molecule has 0 fully saturated rings. The normalized spacial score (nSPS) is 9.33. The monoisotopic (exact) mass is 178 g/mol. The third-order valence-corrected chi connectivity index (χ3v) is 1.39. The van der Waals surface area contributed by atoms with Crippen molar-refractivity contribution in [2.45, 2.75) is 0 Å². The van der Waals surface area contributed by atoms with Gasteiger partial charge in [0, 0.05) is 0 Å². The summed E-state index contributed by atoms with van der Waals surface area (Å²) in [4.78, 5) is 20.9. The highest BCUT2D eigenvalue weighted by Gasteiger charge is 2.13. The Hall–Kier alpha value is -1.84. The number of rotatable bonds is 2. The number of hydrogen-bond donors (Lipinski definition) is 2. The molecule has 4 heteroatoms. The topological polar surface area (TPSA) is 74.6 Å². The average Bonchev–Trinajstić information content (AvgIpc) is 2.04. The molecule has 0 saturated carbocycles. The van der Waals surface area contributed by atoms with Gasteiger partial charge in [-0.15, -0.1) is 0 Å². The lowest BCUT2D eigenvalue weighted by atomic mass is 11.1. The summed E-state index contributed by atoms with van der Waals surface area (Å²) in [7, 11) is 0. The van der Waals surface area contributed by atoms with Crippen molar-refractivity contribution in [2.75, 3.05) is 0 Å². The number of carboxylic acid groups (broad SMARTS) is 2. The molecule has 0 amide bonds. The molecule has 0 spiro atoms. The van der Waals surface area contributed by atoms with Gasteiger partial charge in [0.2, 0.25) is 0 Å². The third-order valence-electron chi connectivity index (χ3n) is 1.39. The highest BCUT2D eigenvalue weighted by atomic mass is 16.4. The van der Waals surface area contributed by atoms with Crippen molar-refractivity contribution in [1.82, 2.24) is 0 Å². The van der Waals surface area contributed by atoms with Gasteiger partial charge >= 0.3 is 11.9 Å². The number of benzene rings is 1. The molecule has 0 heterocycles. The summed E-state index contributed by atoms with van der Waals surface area (Å²) in [6, 6.07) is 5.48. The predicted octanol–water partition coefficient (Wildman–Crippen LogP) is 1.08. The second-order valence-electron chi connectivity index (χ2n) is 2.16. The van der Waals surface area contributed by atoms with Crippen molar-refractivity contribution < 1.29 is 19.8 Å². The molecular formula is C8H6O4. The maximum absolute atomic E-state index is 10.5. The first-order valence-electron chi connectivity index (χ1n) is 3.18. The lowest BCUT2D eigenvalue weighted by Gasteiger charge is -1.98. The van der Waals surface area contributed by atoms with Gasteiger partial charge in [-0.3, -0.25) is 0 Å². The van der Waals surface area contributed by atoms with Crippen LogP contribution in [0.15, 0.2) is 24.3 Å². The van der Waals surface area contributed by atoms with Gasteiger partial charge < -0.3 is 10.2 Å². The van der Waals surface area contributed by atoms with Crippen molar-refractivity contribution in [3.05, 3.63) is 35.4 Å². The number of aromatic carboxylic acids is 2. The quantitative estimate of drug-likeness (QED) is 0.710. The van der Waals surface area contributed by atoms with Crippen LogP contribution in [0.25, 0.3) is 0 Å². The minimum absolute atomic E-state index is 0.190. The Morgan fingerprint density at radius 3 is 1.50 bits per heavy atom. The Labute approximate surface area is 68.1 Å². The molecule has 0 radical (unpaired) electrons. The zero-order valence-electron chi connectivity index (χ0n) is 6.02. The molecule has 2 N–H and O–H groups in total. The minimum atomic E-state index is -1.23. The van der Waals surface area contributed by atoms with Gasteiger partial charge in [-0.05, 0) is 12.1 Å². The van der Waals surface area contributed by atoms with Gasteiger partial charge in [0.15, 0.2) is 0 Å². The maximum Gasteiger partial charge on any atom is 0.336 e. The smallest absolute Gasteiger partial charge is 0.336 e. The highest BCUT2D eigenvalue weighted by molar-refractivity contribution is 6.01. The predicted molar refractivity (Wildman–Crippen MR) is 40.4 cm³/mol. The molecule has 0 atom stereocenters. The summed E-state index contributed by atoms with van der Waals surface area (Å²) >= 11 is 0. The summed E-state index contributed by atoms with van der Waals surface area (Å²) in [5, 5.41) is 17.1. The van der Waals surface area contributed by atoms with E-state index in [0.29, 0.717) is 0 Å². The first-order valence-corrected chi connectivity index (χ1v) is 3.18. The van der Waals surface area contributed by atoms with E-state index < -0.39 is 11.9 Å². The average molecular weight is 178 g/mol. The van der Waals surface area contributed by atoms with E-state index in [9.17, 15) is 9.59 Å². The zero-order chi connectivity index (χ0) is 9.14. The maximum atomic E-state index is 10.5. The van der Waals surface area contributed by atoms with Crippen LogP contribution in [0.1, 0.15) is 20.7 Å². The number of carbonyl (C=O) groups is 2. The van der Waals surface area contributed by atoms with Crippen LogP contribution in [0, 0.1) is 0 Å². The van der Waals surface area contributed by atoms with Gasteiger partial charge in [0.05, 0.1) is 11.1 Å². The fraction of sp³-hybridized carbons (Fsp3) is 0. The summed E-state index contributed by atoms with van der Waals surface area (Å²) in [5.74, 6) is -2.46. The Morgan fingerprint density at radius 1 is 0.917 bits per heavy atom. The van der Waals surface area contributed by atoms with E-state index in [0.717, 1.165) is 0 Å². The fourth-order valence-electron chi connectivity index (χ4n) is 0.856. The van der Waals surface area contributed by atoms with Gasteiger partial charge in [-0.25, -0.2) is 9.59 Å². The van der Waals surface area contributed by atoms with Crippen molar-refractivity contribution >= 4 is 11.9 Å². The SMILES string of the molecule is O=C(O)[14c]1[14cH][14cH][14cH][14cH][14c]1C(=O)O. The van der Waals surface area contributed by atoms with E-state index in [1.807, 2.05) is 0 Å². The van der Waals surface area contributed by atoms with Crippen LogP contribution in [-0.4, -0.2) is 22.2 Å². The molecule has 0 aromatic heterocycles. The number of carboxylic acids is 2. The fourth-order valence-corrected chi connectivity index (χ4v) is 0.856. The largest absolute Gasteiger partial charge is 0.478 e. The van der Waals surface area contributed by atoms with Crippen LogP contribution >= 0.6 is 0 Å². The summed E-state index contributed by atoms with van der Waals surface area (Å²) < 4.78 is 0. The minimum Gasteiger partial charge on any atom is -0.478 e. The second-order valence-corrected chi connectivity index (χ2v) is 2.16. The van der Waals surface area contributed by atoms with Crippen LogP contribution < -0.4 is 0 Å². The molecule has 1 rings (SSSR count). The Balaban J connectivity index is 3.27. The van der Waals surface area contributed by atoms with E-state index in [1.165, 1.54) is 24.3 Å². The highest BCUT2D eigenvalue weighted by Crippen LogP contribution is 2.07. The zero-order valence-corrected chi connectivity index (χ0v) is 6.02. The Morgan fingerprint density at radius 2 is 1.25 bits per heavy atom. The van der Waals surface area contributed by atoms with Crippen molar-refractivity contribution in [2.24, 2.45) is 0 Å². The van der Waals surface area contributed by atoms with Crippen molar-refractivity contribution in [3.8, 4) is 0 Å². The van der Waals surface area contributed by atoms with E-state index in [1.54, 1.807) is 0 Å². The molecule has 0 bridgehead atoms. The molecular weight excluding hydrogens is 172 g/mol. The van der Waals surface area contributed by atoms with Crippen LogP contribution in [-0.2, 0) is 0 Å². The molecule has 12 heavy (non-hydrogen) atoms. The molecule has 0 aliphatic rings. The Bertz CT molecular complexity index is 297. The Kier molecular flexibility index (Phi) is 2.09. The molecule has 1 aromatic carbocycles. The molecule has 62 valence electrons. The van der Waals surface area contributed by atoms with Crippen LogP contribution in [0.3, 0.4) is 0 Å². The molecule has 0 aliphatic carbocycles. The van der Waals surface area contributed by atoms with Crippen molar-refractivity contribution in [1.29, 1.82) is 0 Å². The van der Waals surface area contributed by atoms with E-state index in [-0.39, 0.29) is 11.1 Å². The van der Waals surface area contributed by atoms with E-state index in [2.05, 4.69) is 0 Å². The first-order chi connectivity index (χ1) is 5.63. The molecule has 0 unspecified atom stereocenters. The molecule has 1 aromatic rings. The van der Waals surface area contributed by atoms with Crippen molar-refractivity contribution in [3.63, 3.8) is 0 Å². The molecule has 4 nitrogen and oxygen atoms in total. The first kappa shape index (κ1) is 8.26. The third kappa shape index (κ3) is 1.42. The van der Waals surface area contributed by atoms with Crippen LogP contribution in [0.4, 0.5) is 0 Å². The molecule has 0 saturated heterocycles. The van der Waals surface area contributed by atoms with E-state index in [4.69, 9.17) is 10.2 Å². The van der Waals surface area contributed by atoms with Gasteiger partial charge in [0.1, 0.15) is 0 Å². The lowest BCUT2D eigenvalue weighted by Crippen LogP contribution is -2.06. The van der Waals surface area contributed by atoms with Crippen LogP contribution in [0.2, 0.25) is 0 Å². The summed E-state index contributed by atoms with van der Waals surface area (Å²) in [6.45, 7) is 0.